The number of carbonyl (C=O) groups excluding carboxylic acids is 2. The van der Waals surface area contributed by atoms with Crippen molar-refractivity contribution < 1.29 is 9.59 Å². The van der Waals surface area contributed by atoms with Crippen LogP contribution in [-0.2, 0) is 9.59 Å². The Kier molecular flexibility index (Phi) is 5.10. The lowest BCUT2D eigenvalue weighted by atomic mass is 10.2. The number of nitrogens with one attached hydrogen (secondary N) is 2. The van der Waals surface area contributed by atoms with Gasteiger partial charge in [-0.2, -0.15) is 5.10 Å². The Labute approximate surface area is 127 Å². The summed E-state index contributed by atoms with van der Waals surface area (Å²) in [6.07, 6.45) is 0.0965. The summed E-state index contributed by atoms with van der Waals surface area (Å²) < 4.78 is 0. The molecule has 110 valence electrons. The normalized spacial score (nSPS) is 19.2. The lowest BCUT2D eigenvalue weighted by molar-refractivity contribution is -0.122. The first-order valence-electron chi connectivity index (χ1n) is 6.46. The smallest absolute Gasteiger partial charge is 0.240 e. The Morgan fingerprint density at radius 2 is 2.05 bits per heavy atom. The zero-order chi connectivity index (χ0) is 15.2. The van der Waals surface area contributed by atoms with Gasteiger partial charge in [-0.1, -0.05) is 30.0 Å². The van der Waals surface area contributed by atoms with Crippen LogP contribution in [0.4, 0.5) is 5.69 Å². The average Bonchev–Trinajstić information content (AvgIpc) is 2.78. The minimum absolute atomic E-state index is 0.0965. The third-order valence-corrected chi connectivity index (χ3v) is 3.62. The molecule has 6 nitrogen and oxygen atoms in total. The highest BCUT2D eigenvalue weighted by Gasteiger charge is 2.32. The molecule has 0 radical (unpaired) electrons. The molecule has 0 bridgehead atoms. The number of thioether (sulfide) groups is 1. The van der Waals surface area contributed by atoms with E-state index in [2.05, 4.69) is 20.8 Å². The van der Waals surface area contributed by atoms with Crippen molar-refractivity contribution in [1.29, 1.82) is 0 Å². The number of hydrogen-bond donors (Lipinski definition) is 2. The molecule has 1 heterocycles. The minimum Gasteiger partial charge on any atom is -0.326 e. The largest absolute Gasteiger partial charge is 0.326 e. The molecule has 1 aromatic carbocycles. The first-order valence-corrected chi connectivity index (χ1v) is 7.34. The molecule has 2 amide bonds. The van der Waals surface area contributed by atoms with Crippen LogP contribution >= 0.6 is 11.8 Å². The van der Waals surface area contributed by atoms with E-state index in [1.54, 1.807) is 12.1 Å². The van der Waals surface area contributed by atoms with Gasteiger partial charge in [0.15, 0.2) is 5.17 Å². The fourth-order valence-corrected chi connectivity index (χ4v) is 2.55. The number of hydrogen-bond acceptors (Lipinski definition) is 5. The number of benzene rings is 1. The molecule has 7 heteroatoms. The van der Waals surface area contributed by atoms with Crippen LogP contribution in [0.1, 0.15) is 20.3 Å². The van der Waals surface area contributed by atoms with Gasteiger partial charge >= 0.3 is 0 Å². The van der Waals surface area contributed by atoms with Gasteiger partial charge in [0.1, 0.15) is 5.25 Å². The van der Waals surface area contributed by atoms with Crippen LogP contribution in [-0.4, -0.2) is 27.9 Å². The summed E-state index contributed by atoms with van der Waals surface area (Å²) in [6, 6.07) is 9.14. The second kappa shape index (κ2) is 7.03. The molecular formula is C14H16N4O2S. The lowest BCUT2D eigenvalue weighted by Gasteiger charge is -2.06. The monoisotopic (exact) mass is 304 g/mol. The van der Waals surface area contributed by atoms with Crippen LogP contribution < -0.4 is 10.6 Å². The number of amidine groups is 1. The van der Waals surface area contributed by atoms with E-state index in [0.717, 1.165) is 5.71 Å². The summed E-state index contributed by atoms with van der Waals surface area (Å²) >= 11 is 1.22. The number of anilines is 1. The molecule has 1 unspecified atom stereocenters. The van der Waals surface area contributed by atoms with E-state index in [0.29, 0.717) is 10.9 Å². The van der Waals surface area contributed by atoms with Crippen LogP contribution in [0.2, 0.25) is 0 Å². The Bertz CT molecular complexity index is 594. The highest BCUT2D eigenvalue weighted by atomic mass is 32.2. The fourth-order valence-electron chi connectivity index (χ4n) is 1.63. The van der Waals surface area contributed by atoms with Crippen molar-refractivity contribution in [2.75, 3.05) is 5.32 Å². The molecule has 1 atom stereocenters. The van der Waals surface area contributed by atoms with Crippen LogP contribution in [0.5, 0.6) is 0 Å². The number of carbonyl (C=O) groups is 2. The van der Waals surface area contributed by atoms with Gasteiger partial charge in [0, 0.05) is 17.8 Å². The molecule has 0 saturated carbocycles. The molecule has 0 spiro atoms. The van der Waals surface area contributed by atoms with Gasteiger partial charge < -0.3 is 10.6 Å². The molecule has 2 rings (SSSR count). The second-order valence-corrected chi connectivity index (χ2v) is 5.86. The summed E-state index contributed by atoms with van der Waals surface area (Å²) in [5.74, 6) is -0.420. The zero-order valence-electron chi connectivity index (χ0n) is 11.8. The Hall–Kier alpha value is -2.15. The molecule has 1 fully saturated rings. The number of nitrogens with zero attached hydrogens (tertiary/aromatic N) is 2. The topological polar surface area (TPSA) is 82.9 Å². The highest BCUT2D eigenvalue weighted by Crippen LogP contribution is 2.23. The van der Waals surface area contributed by atoms with E-state index in [1.165, 1.54) is 11.8 Å². The number of para-hydroxylation sites is 1. The van der Waals surface area contributed by atoms with Crippen molar-refractivity contribution in [3.8, 4) is 0 Å². The molecule has 1 aliphatic rings. The van der Waals surface area contributed by atoms with Gasteiger partial charge in [-0.05, 0) is 26.0 Å². The van der Waals surface area contributed by atoms with Crippen molar-refractivity contribution in [3.05, 3.63) is 30.3 Å². The van der Waals surface area contributed by atoms with E-state index in [-0.39, 0.29) is 18.2 Å². The standard InChI is InChI=1S/C14H16N4O2S/c1-9(2)17-18-14-16-13(20)11(21-14)8-12(19)15-10-6-4-3-5-7-10/h3-7,11H,8H2,1-2H3,(H,15,19)(H,16,18,20). The SMILES string of the molecule is CC(C)=N/N=C1\NC(=O)C(CC(=O)Nc2ccccc2)S1. The Balaban J connectivity index is 1.91. The molecular weight excluding hydrogens is 288 g/mol. The molecule has 0 aliphatic carbocycles. The van der Waals surface area contributed by atoms with Crippen LogP contribution in [0.25, 0.3) is 0 Å². The van der Waals surface area contributed by atoms with E-state index < -0.39 is 5.25 Å². The first-order chi connectivity index (χ1) is 10.0. The maximum Gasteiger partial charge on any atom is 0.240 e. The predicted octanol–water partition coefficient (Wildman–Crippen LogP) is 2.00. The third kappa shape index (κ3) is 4.71. The first kappa shape index (κ1) is 15.2. The Morgan fingerprint density at radius 3 is 2.71 bits per heavy atom. The van der Waals surface area contributed by atoms with Crippen molar-refractivity contribution in [2.24, 2.45) is 10.2 Å². The van der Waals surface area contributed by atoms with Crippen molar-refractivity contribution in [2.45, 2.75) is 25.5 Å². The average molecular weight is 304 g/mol. The summed E-state index contributed by atoms with van der Waals surface area (Å²) in [7, 11) is 0. The fraction of sp³-hybridized carbons (Fsp3) is 0.286. The number of rotatable bonds is 4. The summed E-state index contributed by atoms with van der Waals surface area (Å²) in [4.78, 5) is 23.7. The molecule has 21 heavy (non-hydrogen) atoms. The predicted molar refractivity (Wildman–Crippen MR) is 85.4 cm³/mol. The van der Waals surface area contributed by atoms with E-state index in [4.69, 9.17) is 0 Å². The third-order valence-electron chi connectivity index (χ3n) is 2.55. The summed E-state index contributed by atoms with van der Waals surface area (Å²) in [5, 5.41) is 13.1. The molecule has 1 saturated heterocycles. The molecule has 1 aromatic rings. The van der Waals surface area contributed by atoms with Gasteiger partial charge in [-0.15, -0.1) is 5.10 Å². The lowest BCUT2D eigenvalue weighted by Crippen LogP contribution is -2.28. The van der Waals surface area contributed by atoms with Gasteiger partial charge in [0.05, 0.1) is 0 Å². The van der Waals surface area contributed by atoms with Crippen LogP contribution in [0.3, 0.4) is 0 Å². The molecule has 2 N–H and O–H groups in total. The van der Waals surface area contributed by atoms with Crippen molar-refractivity contribution in [3.63, 3.8) is 0 Å². The van der Waals surface area contributed by atoms with Crippen LogP contribution in [0.15, 0.2) is 40.5 Å². The Morgan fingerprint density at radius 1 is 1.33 bits per heavy atom. The van der Waals surface area contributed by atoms with E-state index in [1.807, 2.05) is 32.0 Å². The summed E-state index contributed by atoms with van der Waals surface area (Å²) in [5.41, 5.74) is 1.51. The van der Waals surface area contributed by atoms with E-state index in [9.17, 15) is 9.59 Å². The maximum absolute atomic E-state index is 11.9. The summed E-state index contributed by atoms with van der Waals surface area (Å²) in [6.45, 7) is 3.63. The van der Waals surface area contributed by atoms with Crippen LogP contribution in [0, 0.1) is 0 Å². The van der Waals surface area contributed by atoms with Gasteiger partial charge in [0.25, 0.3) is 0 Å². The second-order valence-electron chi connectivity index (χ2n) is 4.67. The zero-order valence-corrected chi connectivity index (χ0v) is 12.6. The van der Waals surface area contributed by atoms with Crippen molar-refractivity contribution in [1.82, 2.24) is 5.32 Å². The molecule has 1 aliphatic heterocycles. The maximum atomic E-state index is 11.9. The molecule has 0 aromatic heterocycles. The van der Waals surface area contributed by atoms with E-state index >= 15 is 0 Å². The van der Waals surface area contributed by atoms with Gasteiger partial charge in [-0.3, -0.25) is 9.59 Å². The van der Waals surface area contributed by atoms with Crippen molar-refractivity contribution >= 4 is 40.1 Å². The quantitative estimate of drug-likeness (QED) is 0.659. The number of amides is 2. The van der Waals surface area contributed by atoms with Gasteiger partial charge in [-0.25, -0.2) is 0 Å². The highest BCUT2D eigenvalue weighted by molar-refractivity contribution is 8.15. The van der Waals surface area contributed by atoms with Gasteiger partial charge in [0.2, 0.25) is 11.8 Å². The minimum atomic E-state index is -0.472.